The topological polar surface area (TPSA) is 86.8 Å². The van der Waals surface area contributed by atoms with Gasteiger partial charge in [0.1, 0.15) is 6.04 Å². The van der Waals surface area contributed by atoms with Crippen molar-refractivity contribution in [1.29, 1.82) is 0 Å². The van der Waals surface area contributed by atoms with Crippen molar-refractivity contribution in [3.8, 4) is 0 Å². The number of nitrogens with zero attached hydrogens (tertiary/aromatic N) is 2. The normalized spacial score (nSPS) is 20.2. The highest BCUT2D eigenvalue weighted by atomic mass is 35.5. The molecule has 2 heterocycles. The lowest BCUT2D eigenvalue weighted by atomic mass is 9.55. The zero-order valence-corrected chi connectivity index (χ0v) is 19.3. The van der Waals surface area contributed by atoms with E-state index in [-0.39, 0.29) is 33.9 Å². The van der Waals surface area contributed by atoms with Gasteiger partial charge in [-0.2, -0.15) is 8.78 Å². The van der Waals surface area contributed by atoms with Crippen LogP contribution in [0.25, 0.3) is 0 Å². The number of amides is 4. The molecule has 2 aliphatic heterocycles. The summed E-state index contributed by atoms with van der Waals surface area (Å²) in [7, 11) is 23.5. The highest BCUT2D eigenvalue weighted by molar-refractivity contribution is 6.43. The van der Waals surface area contributed by atoms with Gasteiger partial charge in [-0.1, -0.05) is 35.9 Å². The molecule has 0 aromatic heterocycles. The van der Waals surface area contributed by atoms with Crippen LogP contribution in [0.15, 0.2) is 42.5 Å². The molecular formula is C22H14B4ClF2N3O4. The second-order valence-corrected chi connectivity index (χ2v) is 9.03. The summed E-state index contributed by atoms with van der Waals surface area (Å²) in [5.74, 6) is -8.73. The molecule has 4 rings (SSSR count). The molecule has 8 radical (unpaired) electrons. The van der Waals surface area contributed by atoms with Gasteiger partial charge in [0.25, 0.3) is 11.8 Å². The summed E-state index contributed by atoms with van der Waals surface area (Å²) in [4.78, 5) is 50.7. The molecule has 7 nitrogen and oxygen atoms in total. The summed E-state index contributed by atoms with van der Waals surface area (Å²) in [6.07, 6.45) is -0.0696. The van der Waals surface area contributed by atoms with E-state index in [1.165, 1.54) is 35.2 Å². The van der Waals surface area contributed by atoms with Crippen molar-refractivity contribution in [3.63, 3.8) is 0 Å². The van der Waals surface area contributed by atoms with Gasteiger partial charge in [-0.25, -0.2) is 0 Å². The summed E-state index contributed by atoms with van der Waals surface area (Å²) in [5.41, 5.74) is -0.144. The number of hydrogen-bond acceptors (Lipinski definition) is 4. The number of benzene rings is 2. The van der Waals surface area contributed by atoms with Gasteiger partial charge in [0.2, 0.25) is 19.8 Å². The molecule has 1 fully saturated rings. The number of hydrogen-bond donors (Lipinski definition) is 1. The Balaban J connectivity index is 1.58. The number of imide groups is 1. The minimum Gasteiger partial charge on any atom is -0.398 e. The molecule has 0 saturated carbocycles. The molecule has 0 bridgehead atoms. The number of piperidine rings is 1. The first-order valence-electron chi connectivity index (χ1n) is 10.6. The van der Waals surface area contributed by atoms with Crippen molar-refractivity contribution >= 4 is 66.7 Å². The van der Waals surface area contributed by atoms with Gasteiger partial charge < -0.3 is 9.71 Å². The number of carbonyl (C=O) groups excluding carboxylic acids is 4. The molecule has 1 saturated heterocycles. The fourth-order valence-corrected chi connectivity index (χ4v) is 4.23. The van der Waals surface area contributed by atoms with Crippen molar-refractivity contribution in [2.45, 2.75) is 36.1 Å². The van der Waals surface area contributed by atoms with E-state index < -0.39 is 52.3 Å². The molecule has 2 aromatic carbocycles. The van der Waals surface area contributed by atoms with Gasteiger partial charge >= 0.3 is 5.92 Å². The van der Waals surface area contributed by atoms with Crippen LogP contribution in [-0.2, 0) is 32.2 Å². The van der Waals surface area contributed by atoms with Gasteiger partial charge in [-0.05, 0) is 41.1 Å². The molecule has 2 aliphatic rings. The Labute approximate surface area is 215 Å². The highest BCUT2D eigenvalue weighted by Crippen LogP contribution is 2.36. The van der Waals surface area contributed by atoms with Crippen LogP contribution >= 0.6 is 11.6 Å². The minimum atomic E-state index is -4.07. The quantitative estimate of drug-likeness (QED) is 0.486. The average molecular weight is 501 g/mol. The molecule has 0 spiro atoms. The molecule has 4 amide bonds. The fourth-order valence-electron chi connectivity index (χ4n) is 4.11. The van der Waals surface area contributed by atoms with Gasteiger partial charge in [0, 0.05) is 28.5 Å². The van der Waals surface area contributed by atoms with Crippen LogP contribution in [0.4, 0.5) is 8.78 Å². The molecule has 174 valence electrons. The third-order valence-corrected chi connectivity index (χ3v) is 6.48. The van der Waals surface area contributed by atoms with Crippen LogP contribution in [0.2, 0.25) is 10.8 Å². The first kappa shape index (κ1) is 26.0. The predicted molar refractivity (Wildman–Crippen MR) is 129 cm³/mol. The van der Waals surface area contributed by atoms with E-state index in [4.69, 9.17) is 43.1 Å². The molecule has 14 heteroatoms. The second-order valence-electron chi connectivity index (χ2n) is 8.60. The second kappa shape index (κ2) is 9.10. The van der Waals surface area contributed by atoms with Gasteiger partial charge in [0.05, 0.1) is 23.5 Å². The van der Waals surface area contributed by atoms with Crippen LogP contribution in [-0.4, -0.2) is 70.9 Å². The lowest BCUT2D eigenvalue weighted by Crippen LogP contribution is -2.54. The van der Waals surface area contributed by atoms with Crippen LogP contribution in [0.1, 0.15) is 33.5 Å². The zero-order chi connectivity index (χ0) is 26.6. The Morgan fingerprint density at radius 1 is 1.06 bits per heavy atom. The molecule has 2 aromatic rings. The molecule has 0 aliphatic carbocycles. The SMILES string of the molecule is [B]C1CC(N2Cc3cc(C([B])([B])N([B])C(=O)C(F)(F)c4ccc(Cl)cc4)ccc3C2=O)C(=O)NC1=O. The maximum absolute atomic E-state index is 14.9. The first-order valence-corrected chi connectivity index (χ1v) is 11.0. The maximum atomic E-state index is 14.9. The minimum absolute atomic E-state index is 0.0249. The van der Waals surface area contributed by atoms with Crippen molar-refractivity contribution in [3.05, 3.63) is 69.7 Å². The van der Waals surface area contributed by atoms with Crippen molar-refractivity contribution in [2.24, 2.45) is 0 Å². The van der Waals surface area contributed by atoms with Crippen molar-refractivity contribution in [1.82, 2.24) is 15.0 Å². The van der Waals surface area contributed by atoms with Gasteiger partial charge in [-0.15, -0.1) is 0 Å². The third-order valence-electron chi connectivity index (χ3n) is 6.23. The number of fused-ring (bicyclic) bond motifs is 1. The first-order chi connectivity index (χ1) is 16.7. The van der Waals surface area contributed by atoms with E-state index in [1.54, 1.807) is 0 Å². The molecular weight excluding hydrogens is 487 g/mol. The number of alkyl halides is 2. The Morgan fingerprint density at radius 2 is 1.67 bits per heavy atom. The van der Waals surface area contributed by atoms with E-state index in [1.807, 2.05) is 0 Å². The Kier molecular flexibility index (Phi) is 6.58. The Morgan fingerprint density at radius 3 is 2.31 bits per heavy atom. The van der Waals surface area contributed by atoms with E-state index >= 15 is 0 Å². The number of rotatable bonds is 5. The van der Waals surface area contributed by atoms with Crippen molar-refractivity contribution < 1.29 is 28.0 Å². The lowest BCUT2D eigenvalue weighted by molar-refractivity contribution is -0.155. The zero-order valence-electron chi connectivity index (χ0n) is 18.6. The summed E-state index contributed by atoms with van der Waals surface area (Å²) >= 11 is 5.72. The van der Waals surface area contributed by atoms with E-state index in [2.05, 4.69) is 5.32 Å². The molecule has 36 heavy (non-hydrogen) atoms. The number of carbonyl (C=O) groups is 4. The van der Waals surface area contributed by atoms with Crippen LogP contribution in [0.3, 0.4) is 0 Å². The van der Waals surface area contributed by atoms with Crippen LogP contribution in [0.5, 0.6) is 0 Å². The predicted octanol–water partition coefficient (Wildman–Crippen LogP) is 0.819. The lowest BCUT2D eigenvalue weighted by Gasteiger charge is -2.40. The van der Waals surface area contributed by atoms with E-state index in [0.29, 0.717) is 5.56 Å². The monoisotopic (exact) mass is 501 g/mol. The van der Waals surface area contributed by atoms with Crippen LogP contribution in [0, 0.1) is 0 Å². The maximum Gasteiger partial charge on any atom is 0.348 e. The standard InChI is InChI=1S/C22H14B4ClF2N3O4/c23-15-8-16(18(34)30-17(15)33)31-9-10-7-12(3-6-14(10)19(31)35)22(24,25)32(26)20(36)21(28,29)11-1-4-13(27)5-2-11/h1-7,15-16H,8-9H2,(H,30,33,34). The molecule has 2 unspecified atom stereocenters. The summed E-state index contributed by atoms with van der Waals surface area (Å²) < 4.78 is 29.7. The summed E-state index contributed by atoms with van der Waals surface area (Å²) in [6, 6.07) is 7.27. The van der Waals surface area contributed by atoms with Crippen molar-refractivity contribution in [2.75, 3.05) is 0 Å². The van der Waals surface area contributed by atoms with E-state index in [9.17, 15) is 28.0 Å². The molecule has 2 atom stereocenters. The molecule has 1 N–H and O–H groups in total. The Hall–Kier alpha value is -3.07. The smallest absolute Gasteiger partial charge is 0.348 e. The third kappa shape index (κ3) is 4.34. The average Bonchev–Trinajstić information content (AvgIpc) is 3.16. The van der Waals surface area contributed by atoms with E-state index in [0.717, 1.165) is 12.1 Å². The van der Waals surface area contributed by atoms with Gasteiger partial charge in [0.15, 0.2) is 0 Å². The fraction of sp³-hybridized carbons (Fsp3) is 0.273. The number of halogens is 3. The highest BCUT2D eigenvalue weighted by Gasteiger charge is 2.46. The largest absolute Gasteiger partial charge is 0.398 e. The summed E-state index contributed by atoms with van der Waals surface area (Å²) in [6.45, 7) is -0.0729. The van der Waals surface area contributed by atoms with Gasteiger partial charge in [-0.3, -0.25) is 24.5 Å². The van der Waals surface area contributed by atoms with Crippen LogP contribution < -0.4 is 5.32 Å². The Bertz CT molecular complexity index is 1280. The summed E-state index contributed by atoms with van der Waals surface area (Å²) in [5, 5.41) is -0.0781. The number of nitrogens with one attached hydrogen (secondary N) is 1.